The maximum absolute atomic E-state index is 12.2. The van der Waals surface area contributed by atoms with E-state index in [0.717, 1.165) is 49.3 Å². The molecule has 184 valence electrons. The Bertz CT molecular complexity index is 1240. The third-order valence-electron chi connectivity index (χ3n) is 7.00. The molecule has 1 N–H and O–H groups in total. The van der Waals surface area contributed by atoms with E-state index in [1.54, 1.807) is 10.6 Å². The predicted octanol–water partition coefficient (Wildman–Crippen LogP) is 4.37. The molecule has 3 heterocycles. The lowest BCUT2D eigenvalue weighted by Crippen LogP contribution is -2.49. The van der Waals surface area contributed by atoms with E-state index in [2.05, 4.69) is 59.9 Å². The van der Waals surface area contributed by atoms with E-state index in [-0.39, 0.29) is 17.5 Å². The highest BCUT2D eigenvalue weighted by Gasteiger charge is 2.25. The first-order valence-electron chi connectivity index (χ1n) is 12.5. The van der Waals surface area contributed by atoms with Gasteiger partial charge in [0, 0.05) is 68.5 Å². The molecular weight excluding hydrogens is 438 g/mol. The fraction of sp³-hybridized carbons (Fsp3) is 0.393. The summed E-state index contributed by atoms with van der Waals surface area (Å²) < 4.78 is 1.76. The number of anilines is 1. The maximum Gasteiger partial charge on any atom is 0.251 e. The van der Waals surface area contributed by atoms with Crippen molar-refractivity contribution < 1.29 is 4.79 Å². The van der Waals surface area contributed by atoms with E-state index in [1.807, 2.05) is 30.2 Å². The van der Waals surface area contributed by atoms with E-state index >= 15 is 0 Å². The summed E-state index contributed by atoms with van der Waals surface area (Å²) in [6, 6.07) is 14.5. The fourth-order valence-corrected chi connectivity index (χ4v) is 4.99. The topological polar surface area (TPSA) is 70.5 Å². The van der Waals surface area contributed by atoms with Gasteiger partial charge in [0.1, 0.15) is 5.82 Å². The third kappa shape index (κ3) is 5.30. The van der Waals surface area contributed by atoms with Crippen LogP contribution in [0.2, 0.25) is 0 Å². The number of nitrogens with one attached hydrogen (secondary N) is 1. The molecule has 7 heteroatoms. The predicted molar refractivity (Wildman–Crippen MR) is 142 cm³/mol. The second-order valence-electron chi connectivity index (χ2n) is 9.07. The number of carbonyl (C=O) groups is 1. The van der Waals surface area contributed by atoms with Gasteiger partial charge in [-0.15, -0.1) is 0 Å². The molecule has 1 saturated heterocycles. The fourth-order valence-electron chi connectivity index (χ4n) is 4.99. The van der Waals surface area contributed by atoms with Crippen molar-refractivity contribution in [3.05, 3.63) is 82.8 Å². The Kier molecular flexibility index (Phi) is 7.66. The number of aryl methyl sites for hydroxylation is 1. The summed E-state index contributed by atoms with van der Waals surface area (Å²) in [5.74, 6) is 0.766. The Balaban J connectivity index is 1.45. The van der Waals surface area contributed by atoms with Crippen molar-refractivity contribution in [2.75, 3.05) is 31.5 Å². The number of nitrogens with zero attached hydrogens (tertiary/aromatic N) is 4. The van der Waals surface area contributed by atoms with Crippen molar-refractivity contribution in [1.82, 2.24) is 19.4 Å². The number of piperazine rings is 1. The summed E-state index contributed by atoms with van der Waals surface area (Å²) in [7, 11) is 0. The number of carbonyl (C=O) groups excluding carboxylic acids is 1. The maximum atomic E-state index is 12.2. The standard InChI is InChI=1S/C28H35N5O2/c1-5-24(31-14-16-32(17-15-31)27(34)6-2)22-10-8-21(9-11-22)20(4)30-26-18-25-23(19-29-26)12-13-28(35)33(25)7-3/h6,8-13,18-20,24H,2,5,7,14-17H2,1,3-4H3,(H,29,30)/t20-,24?/m0/s1. The lowest BCUT2D eigenvalue weighted by molar-refractivity contribution is -0.128. The van der Waals surface area contributed by atoms with Gasteiger partial charge in [-0.1, -0.05) is 37.8 Å². The molecule has 1 aromatic carbocycles. The Morgan fingerprint density at radius 3 is 2.40 bits per heavy atom. The highest BCUT2D eigenvalue weighted by molar-refractivity contribution is 5.87. The molecule has 0 radical (unpaired) electrons. The van der Waals surface area contributed by atoms with Crippen LogP contribution in [-0.4, -0.2) is 51.4 Å². The molecule has 1 aliphatic heterocycles. The van der Waals surface area contributed by atoms with Crippen LogP contribution in [0.1, 0.15) is 50.4 Å². The van der Waals surface area contributed by atoms with Gasteiger partial charge < -0.3 is 14.8 Å². The second-order valence-corrected chi connectivity index (χ2v) is 9.07. The summed E-state index contributed by atoms with van der Waals surface area (Å²) in [4.78, 5) is 33.0. The van der Waals surface area contributed by atoms with Crippen LogP contribution in [0.25, 0.3) is 10.9 Å². The van der Waals surface area contributed by atoms with Crippen LogP contribution in [0.15, 0.2) is 66.1 Å². The monoisotopic (exact) mass is 473 g/mol. The first-order valence-corrected chi connectivity index (χ1v) is 12.5. The number of amides is 1. The van der Waals surface area contributed by atoms with Gasteiger partial charge >= 0.3 is 0 Å². The molecule has 2 aromatic heterocycles. The Morgan fingerprint density at radius 1 is 1.09 bits per heavy atom. The van der Waals surface area contributed by atoms with Crippen LogP contribution in [0.4, 0.5) is 5.82 Å². The molecule has 7 nitrogen and oxygen atoms in total. The number of pyridine rings is 2. The molecule has 1 aliphatic rings. The first-order chi connectivity index (χ1) is 16.9. The van der Waals surface area contributed by atoms with E-state index in [9.17, 15) is 9.59 Å². The minimum Gasteiger partial charge on any atom is -0.363 e. The van der Waals surface area contributed by atoms with Crippen molar-refractivity contribution in [2.45, 2.75) is 45.8 Å². The Labute approximate surface area is 207 Å². The minimum atomic E-state index is -0.0000149. The molecule has 1 fully saturated rings. The normalized spacial score (nSPS) is 16.1. The van der Waals surface area contributed by atoms with E-state index in [0.29, 0.717) is 12.6 Å². The highest BCUT2D eigenvalue weighted by Crippen LogP contribution is 2.28. The van der Waals surface area contributed by atoms with E-state index in [1.165, 1.54) is 17.2 Å². The second kappa shape index (κ2) is 10.9. The van der Waals surface area contributed by atoms with Crippen molar-refractivity contribution in [3.63, 3.8) is 0 Å². The van der Waals surface area contributed by atoms with Crippen molar-refractivity contribution in [1.29, 1.82) is 0 Å². The summed E-state index contributed by atoms with van der Waals surface area (Å²) in [6.07, 6.45) is 4.23. The van der Waals surface area contributed by atoms with Crippen LogP contribution in [0.5, 0.6) is 0 Å². The molecule has 4 rings (SSSR count). The van der Waals surface area contributed by atoms with Gasteiger partial charge in [-0.3, -0.25) is 14.5 Å². The zero-order valence-electron chi connectivity index (χ0n) is 20.9. The summed E-state index contributed by atoms with van der Waals surface area (Å²) >= 11 is 0. The quantitative estimate of drug-likeness (QED) is 0.492. The molecule has 2 atom stereocenters. The zero-order chi connectivity index (χ0) is 24.9. The first kappa shape index (κ1) is 24.7. The number of aromatic nitrogens is 2. The third-order valence-corrected chi connectivity index (χ3v) is 7.00. The van der Waals surface area contributed by atoms with Crippen molar-refractivity contribution in [3.8, 4) is 0 Å². The molecule has 0 saturated carbocycles. The molecule has 1 unspecified atom stereocenters. The molecule has 0 spiro atoms. The van der Waals surface area contributed by atoms with Crippen LogP contribution >= 0.6 is 0 Å². The minimum absolute atomic E-state index is 0.0000149. The molecule has 3 aromatic rings. The van der Waals surface area contributed by atoms with Gasteiger partial charge in [-0.25, -0.2) is 4.98 Å². The van der Waals surface area contributed by atoms with Gasteiger partial charge in [0.2, 0.25) is 5.91 Å². The van der Waals surface area contributed by atoms with Gasteiger partial charge in [0.15, 0.2) is 0 Å². The highest BCUT2D eigenvalue weighted by atomic mass is 16.2. The summed E-state index contributed by atoms with van der Waals surface area (Å²) in [6.45, 7) is 13.7. The average Bonchev–Trinajstić information content (AvgIpc) is 2.89. The summed E-state index contributed by atoms with van der Waals surface area (Å²) in [5, 5.41) is 4.44. The Morgan fingerprint density at radius 2 is 1.77 bits per heavy atom. The molecule has 1 amide bonds. The lowest BCUT2D eigenvalue weighted by Gasteiger charge is -2.39. The molecular formula is C28H35N5O2. The number of fused-ring (bicyclic) bond motifs is 1. The Hall–Kier alpha value is -3.45. The van der Waals surface area contributed by atoms with Crippen LogP contribution in [0.3, 0.4) is 0 Å². The van der Waals surface area contributed by atoms with E-state index in [4.69, 9.17) is 0 Å². The lowest BCUT2D eigenvalue weighted by atomic mass is 9.98. The van der Waals surface area contributed by atoms with Crippen molar-refractivity contribution in [2.24, 2.45) is 0 Å². The molecule has 0 bridgehead atoms. The zero-order valence-corrected chi connectivity index (χ0v) is 20.9. The van der Waals surface area contributed by atoms with Gasteiger partial charge in [-0.05, 0) is 43.5 Å². The molecule has 0 aliphatic carbocycles. The van der Waals surface area contributed by atoms with Gasteiger partial charge in [-0.2, -0.15) is 0 Å². The number of rotatable bonds is 8. The number of hydrogen-bond donors (Lipinski definition) is 1. The van der Waals surface area contributed by atoms with Crippen molar-refractivity contribution >= 4 is 22.6 Å². The largest absolute Gasteiger partial charge is 0.363 e. The van der Waals surface area contributed by atoms with Crippen LogP contribution in [-0.2, 0) is 11.3 Å². The van der Waals surface area contributed by atoms with Crippen LogP contribution < -0.4 is 10.9 Å². The SMILES string of the molecule is C=CC(=O)N1CCN(C(CC)c2ccc([C@H](C)Nc3cc4c(ccc(=O)n4CC)cn3)cc2)CC1. The number of hydrogen-bond acceptors (Lipinski definition) is 5. The van der Waals surface area contributed by atoms with Crippen LogP contribution in [0, 0.1) is 0 Å². The van der Waals surface area contributed by atoms with Gasteiger partial charge in [0.05, 0.1) is 5.52 Å². The average molecular weight is 474 g/mol. The number of benzene rings is 1. The smallest absolute Gasteiger partial charge is 0.251 e. The molecule has 35 heavy (non-hydrogen) atoms. The van der Waals surface area contributed by atoms with Gasteiger partial charge in [0.25, 0.3) is 5.56 Å². The summed E-state index contributed by atoms with van der Waals surface area (Å²) in [5.41, 5.74) is 3.36. The van der Waals surface area contributed by atoms with E-state index < -0.39 is 0 Å².